The van der Waals surface area contributed by atoms with Crippen molar-refractivity contribution < 1.29 is 9.18 Å². The van der Waals surface area contributed by atoms with E-state index in [9.17, 15) is 9.18 Å². The zero-order chi connectivity index (χ0) is 15.9. The van der Waals surface area contributed by atoms with E-state index < -0.39 is 5.82 Å². The maximum atomic E-state index is 14.1. The quantitative estimate of drug-likeness (QED) is 0.340. The molecule has 0 unspecified atom stereocenters. The highest BCUT2D eigenvalue weighted by Crippen LogP contribution is 2.38. The summed E-state index contributed by atoms with van der Waals surface area (Å²) < 4.78 is 14.1. The van der Waals surface area contributed by atoms with Crippen molar-refractivity contribution in [3.8, 4) is 0 Å². The van der Waals surface area contributed by atoms with Crippen LogP contribution in [-0.2, 0) is 0 Å². The number of allylic oxidation sites excluding steroid dienone is 1. The second kappa shape index (κ2) is 8.26. The monoisotopic (exact) mass is 302 g/mol. The van der Waals surface area contributed by atoms with E-state index >= 15 is 0 Å². The second-order valence-electron chi connectivity index (χ2n) is 6.52. The van der Waals surface area contributed by atoms with Gasteiger partial charge in [0, 0.05) is 0 Å². The minimum Gasteiger partial charge on any atom is -0.289 e. The van der Waals surface area contributed by atoms with Crippen LogP contribution in [0, 0.1) is 11.7 Å². The van der Waals surface area contributed by atoms with E-state index in [1.807, 2.05) is 6.07 Å². The average molecular weight is 302 g/mol. The number of hydrogen-bond acceptors (Lipinski definition) is 1. The van der Waals surface area contributed by atoms with E-state index in [1.54, 1.807) is 12.1 Å². The first-order valence-corrected chi connectivity index (χ1v) is 8.62. The molecule has 0 bridgehead atoms. The van der Waals surface area contributed by atoms with E-state index in [2.05, 4.69) is 13.5 Å². The van der Waals surface area contributed by atoms with Gasteiger partial charge in [-0.2, -0.15) is 0 Å². The van der Waals surface area contributed by atoms with Gasteiger partial charge in [0.1, 0.15) is 5.82 Å². The lowest BCUT2D eigenvalue weighted by atomic mass is 9.77. The average Bonchev–Trinajstić information content (AvgIpc) is 2.55. The smallest absolute Gasteiger partial charge is 0.188 e. The zero-order valence-electron chi connectivity index (χ0n) is 13.6. The molecule has 2 heteroatoms. The standard InChI is InChI=1S/C20H27FO/c1-3-5-6-7-15-8-10-16(11-9-15)17-12-13-18(19(21)14-17)20(22)4-2/h4,12-16H,2-3,5-11H2,1H3/t15-,16-. The van der Waals surface area contributed by atoms with Crippen molar-refractivity contribution in [1.82, 2.24) is 0 Å². The number of unbranched alkanes of at least 4 members (excludes halogenated alkanes) is 2. The van der Waals surface area contributed by atoms with Crippen molar-refractivity contribution >= 4 is 5.78 Å². The molecule has 1 aromatic rings. The third kappa shape index (κ3) is 4.28. The SMILES string of the molecule is C=CC(=O)c1ccc([C@H]2CC[C@H](CCCCC)CC2)cc1F. The molecule has 2 rings (SSSR count). The van der Waals surface area contributed by atoms with E-state index in [4.69, 9.17) is 0 Å². The Morgan fingerprint density at radius 3 is 2.59 bits per heavy atom. The fourth-order valence-electron chi connectivity index (χ4n) is 3.56. The molecule has 0 amide bonds. The van der Waals surface area contributed by atoms with Gasteiger partial charge in [0.05, 0.1) is 5.56 Å². The molecule has 0 heterocycles. The highest BCUT2D eigenvalue weighted by molar-refractivity contribution is 6.04. The first kappa shape index (κ1) is 16.9. The van der Waals surface area contributed by atoms with Crippen LogP contribution in [0.1, 0.15) is 80.1 Å². The van der Waals surface area contributed by atoms with Crippen LogP contribution in [0.3, 0.4) is 0 Å². The van der Waals surface area contributed by atoms with E-state index in [0.29, 0.717) is 5.92 Å². The van der Waals surface area contributed by atoms with Crippen LogP contribution in [0.2, 0.25) is 0 Å². The van der Waals surface area contributed by atoms with E-state index in [-0.39, 0.29) is 11.3 Å². The highest BCUT2D eigenvalue weighted by atomic mass is 19.1. The van der Waals surface area contributed by atoms with Crippen LogP contribution < -0.4 is 0 Å². The van der Waals surface area contributed by atoms with Crippen molar-refractivity contribution in [2.45, 2.75) is 64.2 Å². The predicted molar refractivity (Wildman–Crippen MR) is 89.8 cm³/mol. The summed E-state index contributed by atoms with van der Waals surface area (Å²) in [6.45, 7) is 5.66. The van der Waals surface area contributed by atoms with Gasteiger partial charge in [-0.15, -0.1) is 0 Å². The maximum absolute atomic E-state index is 14.1. The molecule has 0 aromatic heterocycles. The molecule has 1 nitrogen and oxygen atoms in total. The molecule has 0 radical (unpaired) electrons. The minimum atomic E-state index is -0.410. The van der Waals surface area contributed by atoms with Crippen molar-refractivity contribution in [2.75, 3.05) is 0 Å². The van der Waals surface area contributed by atoms with Gasteiger partial charge in [0.2, 0.25) is 0 Å². The summed E-state index contributed by atoms with van der Waals surface area (Å²) in [6, 6.07) is 5.09. The summed E-state index contributed by atoms with van der Waals surface area (Å²) in [6.07, 6.45) is 11.3. The molecule has 0 aliphatic heterocycles. The molecule has 1 fully saturated rings. The summed E-state index contributed by atoms with van der Waals surface area (Å²) in [5.41, 5.74) is 1.18. The molecule has 0 saturated heterocycles. The number of hydrogen-bond donors (Lipinski definition) is 0. The van der Waals surface area contributed by atoms with Crippen LogP contribution in [0.5, 0.6) is 0 Å². The van der Waals surface area contributed by atoms with Gasteiger partial charge < -0.3 is 0 Å². The fourth-order valence-corrected chi connectivity index (χ4v) is 3.56. The van der Waals surface area contributed by atoms with Gasteiger partial charge in [-0.3, -0.25) is 4.79 Å². The predicted octanol–water partition coefficient (Wildman–Crippen LogP) is 6.05. The molecule has 1 aromatic carbocycles. The van der Waals surface area contributed by atoms with Crippen LogP contribution in [-0.4, -0.2) is 5.78 Å². The Morgan fingerprint density at radius 2 is 2.00 bits per heavy atom. The summed E-state index contributed by atoms with van der Waals surface area (Å²) >= 11 is 0. The summed E-state index contributed by atoms with van der Waals surface area (Å²) in [5.74, 6) is 0.551. The number of carbonyl (C=O) groups excluding carboxylic acids is 1. The van der Waals surface area contributed by atoms with Crippen LogP contribution >= 0.6 is 0 Å². The molecular weight excluding hydrogens is 275 g/mol. The molecule has 1 aliphatic rings. The van der Waals surface area contributed by atoms with Crippen molar-refractivity contribution in [1.29, 1.82) is 0 Å². The zero-order valence-corrected chi connectivity index (χ0v) is 13.6. The van der Waals surface area contributed by atoms with Gasteiger partial charge in [-0.25, -0.2) is 4.39 Å². The van der Waals surface area contributed by atoms with Gasteiger partial charge in [-0.1, -0.05) is 45.3 Å². The van der Waals surface area contributed by atoms with Gasteiger partial charge in [0.25, 0.3) is 0 Å². The highest BCUT2D eigenvalue weighted by Gasteiger charge is 2.23. The minimum absolute atomic E-state index is 0.131. The number of rotatable bonds is 7. The second-order valence-corrected chi connectivity index (χ2v) is 6.52. The van der Waals surface area contributed by atoms with Crippen molar-refractivity contribution in [3.05, 3.63) is 47.8 Å². The fraction of sp³-hybridized carbons (Fsp3) is 0.550. The molecular formula is C20H27FO. The molecule has 1 saturated carbocycles. The van der Waals surface area contributed by atoms with Gasteiger partial charge in [-0.05, 0) is 61.3 Å². The molecule has 0 atom stereocenters. The number of benzene rings is 1. The topological polar surface area (TPSA) is 17.1 Å². The first-order valence-electron chi connectivity index (χ1n) is 8.62. The number of halogens is 1. The normalized spacial score (nSPS) is 21.5. The molecule has 0 N–H and O–H groups in total. The summed E-state index contributed by atoms with van der Waals surface area (Å²) in [7, 11) is 0. The van der Waals surface area contributed by atoms with Crippen molar-refractivity contribution in [3.63, 3.8) is 0 Å². The van der Waals surface area contributed by atoms with E-state index in [1.165, 1.54) is 44.6 Å². The Morgan fingerprint density at radius 1 is 1.27 bits per heavy atom. The largest absolute Gasteiger partial charge is 0.289 e. The maximum Gasteiger partial charge on any atom is 0.188 e. The van der Waals surface area contributed by atoms with E-state index in [0.717, 1.165) is 24.3 Å². The van der Waals surface area contributed by atoms with Crippen LogP contribution in [0.25, 0.3) is 0 Å². The van der Waals surface area contributed by atoms with Crippen molar-refractivity contribution in [2.24, 2.45) is 5.92 Å². The summed E-state index contributed by atoms with van der Waals surface area (Å²) in [5, 5.41) is 0. The Labute approximate surface area is 133 Å². The lowest BCUT2D eigenvalue weighted by molar-refractivity contribution is 0.104. The molecule has 1 aliphatic carbocycles. The first-order chi connectivity index (χ1) is 10.7. The number of carbonyl (C=O) groups is 1. The van der Waals surface area contributed by atoms with Gasteiger partial charge >= 0.3 is 0 Å². The third-order valence-electron chi connectivity index (χ3n) is 4.98. The molecule has 22 heavy (non-hydrogen) atoms. The molecule has 120 valence electrons. The van der Waals surface area contributed by atoms with Crippen LogP contribution in [0.4, 0.5) is 4.39 Å². The summed E-state index contributed by atoms with van der Waals surface area (Å²) in [4.78, 5) is 11.5. The lowest BCUT2D eigenvalue weighted by Crippen LogP contribution is -2.14. The Balaban J connectivity index is 1.92. The Kier molecular flexibility index (Phi) is 6.35. The number of ketones is 1. The lowest BCUT2D eigenvalue weighted by Gasteiger charge is -2.29. The Hall–Kier alpha value is -1.44. The Bertz CT molecular complexity index is 512. The molecule has 0 spiro atoms. The third-order valence-corrected chi connectivity index (χ3v) is 4.98. The van der Waals surface area contributed by atoms with Crippen LogP contribution in [0.15, 0.2) is 30.9 Å². The van der Waals surface area contributed by atoms with Gasteiger partial charge in [0.15, 0.2) is 5.78 Å².